The predicted octanol–water partition coefficient (Wildman–Crippen LogP) is 3.95. The van der Waals surface area contributed by atoms with Gasteiger partial charge in [0.15, 0.2) is 9.84 Å². The summed E-state index contributed by atoms with van der Waals surface area (Å²) in [6, 6.07) is 3.80. The number of hydrogen-bond donors (Lipinski definition) is 1. The van der Waals surface area contributed by atoms with E-state index in [1.54, 1.807) is 30.2 Å². The first kappa shape index (κ1) is 23.4. The van der Waals surface area contributed by atoms with Crippen LogP contribution in [-0.4, -0.2) is 50.1 Å². The standard InChI is InChI=1S/C20H26FN3O5S2/c1-13(2)28-20(25)29-24-8-6-14(7-9-24)19-23-15(12-30-19)11-22-18-5-4-16(10-17(18)21)31(3,26)27/h4-5,10,12-14,22H,6-9,11H2,1-3H3. The zero-order valence-electron chi connectivity index (χ0n) is 17.6. The molecule has 1 aromatic carbocycles. The number of piperidine rings is 1. The summed E-state index contributed by atoms with van der Waals surface area (Å²) in [5.41, 5.74) is 1.01. The van der Waals surface area contributed by atoms with E-state index in [9.17, 15) is 17.6 Å². The number of ether oxygens (including phenoxy) is 1. The number of aromatic nitrogens is 1. The molecule has 2 aromatic rings. The maximum Gasteiger partial charge on any atom is 0.528 e. The average molecular weight is 472 g/mol. The summed E-state index contributed by atoms with van der Waals surface area (Å²) < 4.78 is 42.2. The second-order valence-corrected chi connectivity index (χ2v) is 10.6. The first-order valence-corrected chi connectivity index (χ1v) is 12.7. The Morgan fingerprint density at radius 2 is 2.06 bits per heavy atom. The van der Waals surface area contributed by atoms with Crippen molar-refractivity contribution in [1.82, 2.24) is 10.0 Å². The van der Waals surface area contributed by atoms with Crippen LogP contribution in [0.3, 0.4) is 0 Å². The summed E-state index contributed by atoms with van der Waals surface area (Å²) in [4.78, 5) is 21.4. The number of anilines is 1. The van der Waals surface area contributed by atoms with E-state index in [1.807, 2.05) is 5.38 Å². The zero-order chi connectivity index (χ0) is 22.6. The summed E-state index contributed by atoms with van der Waals surface area (Å²) in [5, 5.41) is 7.49. The number of benzene rings is 1. The van der Waals surface area contributed by atoms with Crippen LogP contribution in [0, 0.1) is 5.82 Å². The molecule has 0 aliphatic carbocycles. The van der Waals surface area contributed by atoms with Gasteiger partial charge in [0.1, 0.15) is 5.82 Å². The highest BCUT2D eigenvalue weighted by atomic mass is 32.2. The third-order valence-electron chi connectivity index (χ3n) is 4.74. The van der Waals surface area contributed by atoms with Crippen molar-refractivity contribution in [2.75, 3.05) is 24.7 Å². The Balaban J connectivity index is 1.51. The Morgan fingerprint density at radius 1 is 1.35 bits per heavy atom. The maximum absolute atomic E-state index is 14.2. The zero-order valence-corrected chi connectivity index (χ0v) is 19.3. The lowest BCUT2D eigenvalue weighted by atomic mass is 9.99. The monoisotopic (exact) mass is 471 g/mol. The van der Waals surface area contributed by atoms with Crippen LogP contribution in [0.4, 0.5) is 14.9 Å². The summed E-state index contributed by atoms with van der Waals surface area (Å²) in [7, 11) is -3.45. The van der Waals surface area contributed by atoms with Gasteiger partial charge in [0.2, 0.25) is 0 Å². The van der Waals surface area contributed by atoms with Gasteiger partial charge in [-0.1, -0.05) is 0 Å². The summed E-state index contributed by atoms with van der Waals surface area (Å²) in [6.07, 6.45) is 1.74. The van der Waals surface area contributed by atoms with Crippen molar-refractivity contribution in [3.63, 3.8) is 0 Å². The lowest BCUT2D eigenvalue weighted by molar-refractivity contribution is -0.143. The molecule has 0 radical (unpaired) electrons. The fourth-order valence-corrected chi connectivity index (χ4v) is 4.78. The molecular formula is C20H26FN3O5S2. The SMILES string of the molecule is CC(C)OC(=O)ON1CCC(c2nc(CNc3ccc(S(C)(=O)=O)cc3F)cs2)CC1. The molecule has 0 saturated carbocycles. The molecular weight excluding hydrogens is 445 g/mol. The number of halogens is 1. The number of carbonyl (C=O) groups is 1. The molecule has 1 N–H and O–H groups in total. The lowest BCUT2D eigenvalue weighted by Gasteiger charge is -2.29. The molecule has 1 aromatic heterocycles. The van der Waals surface area contributed by atoms with E-state index in [-0.39, 0.29) is 22.6 Å². The van der Waals surface area contributed by atoms with E-state index < -0.39 is 21.8 Å². The first-order valence-electron chi connectivity index (χ1n) is 9.93. The maximum atomic E-state index is 14.2. The number of hydroxylamine groups is 2. The second kappa shape index (κ2) is 9.92. The largest absolute Gasteiger partial charge is 0.528 e. The predicted molar refractivity (Wildman–Crippen MR) is 115 cm³/mol. The molecule has 11 heteroatoms. The van der Waals surface area contributed by atoms with Gasteiger partial charge in [-0.25, -0.2) is 22.6 Å². The van der Waals surface area contributed by atoms with Gasteiger partial charge in [0.25, 0.3) is 0 Å². The van der Waals surface area contributed by atoms with Crippen LogP contribution in [0.15, 0.2) is 28.5 Å². The van der Waals surface area contributed by atoms with Gasteiger partial charge >= 0.3 is 6.16 Å². The molecule has 0 amide bonds. The molecule has 170 valence electrons. The molecule has 2 heterocycles. The van der Waals surface area contributed by atoms with Crippen LogP contribution in [0.1, 0.15) is 43.3 Å². The number of rotatable bonds is 7. The van der Waals surface area contributed by atoms with Crippen LogP contribution in [-0.2, 0) is 26.0 Å². The minimum atomic E-state index is -3.45. The fraction of sp³-hybridized carbons (Fsp3) is 0.500. The van der Waals surface area contributed by atoms with Crippen molar-refractivity contribution < 1.29 is 27.2 Å². The first-order chi connectivity index (χ1) is 14.6. The third kappa shape index (κ3) is 6.62. The van der Waals surface area contributed by atoms with Crippen LogP contribution >= 0.6 is 11.3 Å². The molecule has 0 unspecified atom stereocenters. The van der Waals surface area contributed by atoms with E-state index in [4.69, 9.17) is 9.57 Å². The molecule has 8 nitrogen and oxygen atoms in total. The number of nitrogens with zero attached hydrogens (tertiary/aromatic N) is 2. The number of sulfone groups is 1. The smallest absolute Gasteiger partial charge is 0.430 e. The van der Waals surface area contributed by atoms with Crippen molar-refractivity contribution in [3.8, 4) is 0 Å². The fourth-order valence-electron chi connectivity index (χ4n) is 3.16. The molecule has 31 heavy (non-hydrogen) atoms. The van der Waals surface area contributed by atoms with Crippen molar-refractivity contribution in [2.45, 2.75) is 50.2 Å². The summed E-state index contributed by atoms with van der Waals surface area (Å²) in [5.74, 6) is -0.354. The van der Waals surface area contributed by atoms with Gasteiger partial charge in [-0.05, 0) is 44.9 Å². The number of hydrogen-bond acceptors (Lipinski definition) is 9. The Hall–Kier alpha value is -2.24. The molecule has 0 spiro atoms. The highest BCUT2D eigenvalue weighted by Crippen LogP contribution is 2.31. The highest BCUT2D eigenvalue weighted by molar-refractivity contribution is 7.90. The van der Waals surface area contributed by atoms with Crippen molar-refractivity contribution in [1.29, 1.82) is 0 Å². The third-order valence-corrected chi connectivity index (χ3v) is 6.90. The molecule has 1 aliphatic rings. The minimum absolute atomic E-state index is 0.0562. The number of nitrogens with one attached hydrogen (secondary N) is 1. The molecule has 0 atom stereocenters. The van der Waals surface area contributed by atoms with Crippen molar-refractivity contribution >= 4 is 33.0 Å². The Bertz CT molecular complexity index is 1020. The normalized spacial score (nSPS) is 15.8. The van der Waals surface area contributed by atoms with Crippen LogP contribution < -0.4 is 5.32 Å². The van der Waals surface area contributed by atoms with Crippen LogP contribution in [0.2, 0.25) is 0 Å². The van der Waals surface area contributed by atoms with Gasteiger partial charge in [-0.15, -0.1) is 16.4 Å². The molecule has 3 rings (SSSR count). The van der Waals surface area contributed by atoms with Gasteiger partial charge in [0, 0.05) is 30.6 Å². The van der Waals surface area contributed by atoms with Gasteiger partial charge in [-0.3, -0.25) is 0 Å². The lowest BCUT2D eigenvalue weighted by Crippen LogP contribution is -2.35. The Labute approximate surface area is 185 Å². The van der Waals surface area contributed by atoms with Crippen molar-refractivity contribution in [3.05, 3.63) is 40.1 Å². The van der Waals surface area contributed by atoms with Gasteiger partial charge in [0.05, 0.1) is 33.9 Å². The molecule has 1 fully saturated rings. The highest BCUT2D eigenvalue weighted by Gasteiger charge is 2.26. The number of carbonyl (C=O) groups excluding carboxylic acids is 1. The average Bonchev–Trinajstić information content (AvgIpc) is 3.15. The van der Waals surface area contributed by atoms with Crippen LogP contribution in [0.5, 0.6) is 0 Å². The quantitative estimate of drug-likeness (QED) is 0.606. The van der Waals surface area contributed by atoms with Gasteiger partial charge in [-0.2, -0.15) is 0 Å². The topological polar surface area (TPSA) is 97.8 Å². The summed E-state index contributed by atoms with van der Waals surface area (Å²) in [6.45, 7) is 5.06. The van der Waals surface area contributed by atoms with E-state index in [0.29, 0.717) is 19.6 Å². The minimum Gasteiger partial charge on any atom is -0.430 e. The number of thiazole rings is 1. The molecule has 0 bridgehead atoms. The van der Waals surface area contributed by atoms with Crippen molar-refractivity contribution in [2.24, 2.45) is 0 Å². The summed E-state index contributed by atoms with van der Waals surface area (Å²) >= 11 is 1.55. The Morgan fingerprint density at radius 3 is 2.68 bits per heavy atom. The van der Waals surface area contributed by atoms with Gasteiger partial charge < -0.3 is 14.9 Å². The second-order valence-electron chi connectivity index (χ2n) is 7.66. The van der Waals surface area contributed by atoms with E-state index in [1.165, 1.54) is 12.1 Å². The molecule has 1 saturated heterocycles. The van der Waals surface area contributed by atoms with E-state index >= 15 is 0 Å². The van der Waals surface area contributed by atoms with Crippen LogP contribution in [0.25, 0.3) is 0 Å². The Kier molecular flexibility index (Phi) is 7.50. The van der Waals surface area contributed by atoms with E-state index in [0.717, 1.165) is 35.9 Å². The van der Waals surface area contributed by atoms with E-state index in [2.05, 4.69) is 10.3 Å². The molecule has 1 aliphatic heterocycles.